The Morgan fingerprint density at radius 1 is 1.03 bits per heavy atom. The fourth-order valence-electron chi connectivity index (χ4n) is 5.40. The molecule has 0 bridgehead atoms. The van der Waals surface area contributed by atoms with E-state index in [2.05, 4.69) is 11.0 Å². The van der Waals surface area contributed by atoms with E-state index in [1.807, 2.05) is 5.01 Å². The Bertz CT molecular complexity index is 530. The van der Waals surface area contributed by atoms with Crippen molar-refractivity contribution in [2.24, 2.45) is 5.92 Å². The second-order valence-corrected chi connectivity index (χ2v) is 12.1. The molecule has 4 rings (SSSR count). The molecule has 9 heteroatoms. The van der Waals surface area contributed by atoms with Crippen LogP contribution in [0.25, 0.3) is 0 Å². The van der Waals surface area contributed by atoms with Gasteiger partial charge in [-0.2, -0.15) is 0 Å². The summed E-state index contributed by atoms with van der Waals surface area (Å²) < 4.78 is 19.8. The van der Waals surface area contributed by atoms with Gasteiger partial charge in [-0.05, 0) is 0 Å². The minimum atomic E-state index is -0.985. The number of aliphatic hydroxyl groups excluding tert-OH is 3. The molecule has 4 fully saturated rings. The van der Waals surface area contributed by atoms with Crippen LogP contribution in [0.5, 0.6) is 0 Å². The Labute approximate surface area is 178 Å². The molecule has 29 heavy (non-hydrogen) atoms. The molecule has 0 radical (unpaired) electrons. The molecular formula is C20H36FN3O4Se. The van der Waals surface area contributed by atoms with Gasteiger partial charge in [0.1, 0.15) is 0 Å². The third kappa shape index (κ3) is 5.16. The molecule has 0 spiro atoms. The average molecular weight is 480 g/mol. The molecule has 7 nitrogen and oxygen atoms in total. The van der Waals surface area contributed by atoms with Crippen LogP contribution in [-0.4, -0.2) is 90.0 Å². The fraction of sp³-hybridized carbons (Fsp3) is 1.00. The molecule has 2 saturated heterocycles. The number of rotatable bonds is 5. The van der Waals surface area contributed by atoms with Crippen molar-refractivity contribution in [3.05, 3.63) is 0 Å². The normalized spacial score (nSPS) is 45.5. The van der Waals surface area contributed by atoms with Crippen molar-refractivity contribution in [3.8, 4) is 0 Å². The Morgan fingerprint density at radius 2 is 1.83 bits per heavy atom. The zero-order valence-corrected chi connectivity index (χ0v) is 18.7. The number of alkyl halides is 1. The molecule has 4 aliphatic rings. The van der Waals surface area contributed by atoms with E-state index in [9.17, 15) is 19.7 Å². The predicted molar refractivity (Wildman–Crippen MR) is 108 cm³/mol. The summed E-state index contributed by atoms with van der Waals surface area (Å²) in [7, 11) is 0. The van der Waals surface area contributed by atoms with Crippen molar-refractivity contribution >= 4 is 15.0 Å². The van der Waals surface area contributed by atoms with E-state index < -0.39 is 30.5 Å². The van der Waals surface area contributed by atoms with Crippen LogP contribution in [-0.2, 0) is 4.74 Å². The van der Waals surface area contributed by atoms with Gasteiger partial charge in [-0.3, -0.25) is 0 Å². The van der Waals surface area contributed by atoms with Gasteiger partial charge in [-0.15, -0.1) is 0 Å². The van der Waals surface area contributed by atoms with Crippen LogP contribution in [0.3, 0.4) is 0 Å². The van der Waals surface area contributed by atoms with Crippen LogP contribution >= 0.6 is 0 Å². The fourth-order valence-corrected chi connectivity index (χ4v) is 8.58. The first kappa shape index (κ1) is 22.4. The number of halogens is 1. The number of hydrogen-bond acceptors (Lipinski definition) is 7. The average Bonchev–Trinajstić information content (AvgIpc) is 3.21. The van der Waals surface area contributed by atoms with Gasteiger partial charge in [0.05, 0.1) is 0 Å². The summed E-state index contributed by atoms with van der Waals surface area (Å²) in [4.78, 5) is 0.590. The second kappa shape index (κ2) is 10.2. The summed E-state index contributed by atoms with van der Waals surface area (Å²) in [6.45, 7) is 0.329. The summed E-state index contributed by atoms with van der Waals surface area (Å²) >= 11 is 0.100. The number of hydrogen-bond donors (Lipinski definition) is 5. The predicted octanol–water partition coefficient (Wildman–Crippen LogP) is 0.473. The van der Waals surface area contributed by atoms with Gasteiger partial charge in [0.25, 0.3) is 0 Å². The molecular weight excluding hydrogens is 444 g/mol. The molecule has 0 amide bonds. The van der Waals surface area contributed by atoms with Crippen molar-refractivity contribution < 1.29 is 24.4 Å². The van der Waals surface area contributed by atoms with E-state index in [0.717, 1.165) is 12.8 Å². The second-order valence-electron chi connectivity index (χ2n) is 9.13. The minimum absolute atomic E-state index is 0.0886. The molecule has 168 valence electrons. The molecule has 0 aromatic carbocycles. The Hall–Kier alpha value is 0.169. The Balaban J connectivity index is 1.41. The number of hydrazine groups is 2. The maximum absolute atomic E-state index is 13.8. The van der Waals surface area contributed by atoms with Crippen LogP contribution in [0.4, 0.5) is 4.39 Å². The van der Waals surface area contributed by atoms with Gasteiger partial charge < -0.3 is 0 Å². The number of ether oxygens (including phenoxy) is 1. The zero-order chi connectivity index (χ0) is 20.4. The van der Waals surface area contributed by atoms with Gasteiger partial charge in [0.15, 0.2) is 0 Å². The summed E-state index contributed by atoms with van der Waals surface area (Å²) in [6.07, 6.45) is 6.03. The van der Waals surface area contributed by atoms with E-state index in [1.165, 1.54) is 32.1 Å². The van der Waals surface area contributed by atoms with E-state index in [-0.39, 0.29) is 38.5 Å². The quantitative estimate of drug-likeness (QED) is 0.365. The molecule has 8 atom stereocenters. The van der Waals surface area contributed by atoms with Gasteiger partial charge in [0, 0.05) is 0 Å². The first-order valence-corrected chi connectivity index (χ1v) is 13.2. The van der Waals surface area contributed by atoms with E-state index in [1.54, 1.807) is 0 Å². The third-order valence-electron chi connectivity index (χ3n) is 7.09. The molecule has 0 aromatic rings. The first-order valence-electron chi connectivity index (χ1n) is 11.3. The molecule has 5 N–H and O–H groups in total. The van der Waals surface area contributed by atoms with Gasteiger partial charge in [-0.1, -0.05) is 0 Å². The number of nitrogens with zero attached hydrogens (tertiary/aromatic N) is 1. The van der Waals surface area contributed by atoms with Crippen LogP contribution < -0.4 is 11.0 Å². The van der Waals surface area contributed by atoms with E-state index in [4.69, 9.17) is 4.74 Å². The SMILES string of the molecule is OC[C@H]1O[C@@H]([Se]C2CCCCC2)[C@H](O)[C@@H](N2CC(C3CCCC(F)C3)NN2)[C@H]1O. The summed E-state index contributed by atoms with van der Waals surface area (Å²) in [5, 5.41) is 33.2. The van der Waals surface area contributed by atoms with Crippen molar-refractivity contribution in [2.45, 2.75) is 104 Å². The number of nitrogens with one attached hydrogen (secondary N) is 2. The first-order chi connectivity index (χ1) is 14.1. The summed E-state index contributed by atoms with van der Waals surface area (Å²) in [5.74, 6) is 0.251. The third-order valence-corrected chi connectivity index (χ3v) is 10.3. The molecule has 0 aromatic heterocycles. The monoisotopic (exact) mass is 481 g/mol. The molecule has 2 aliphatic carbocycles. The Morgan fingerprint density at radius 3 is 2.55 bits per heavy atom. The van der Waals surface area contributed by atoms with Gasteiger partial charge in [-0.25, -0.2) is 0 Å². The van der Waals surface area contributed by atoms with Gasteiger partial charge >= 0.3 is 179 Å². The molecule has 2 saturated carbocycles. The summed E-state index contributed by atoms with van der Waals surface area (Å²) in [5.41, 5.74) is 6.38. The van der Waals surface area contributed by atoms with Crippen LogP contribution in [0.15, 0.2) is 0 Å². The Kier molecular flexibility index (Phi) is 7.86. The van der Waals surface area contributed by atoms with Crippen LogP contribution in [0, 0.1) is 5.92 Å². The maximum atomic E-state index is 13.8. The van der Waals surface area contributed by atoms with Crippen LogP contribution in [0.1, 0.15) is 57.8 Å². The topological polar surface area (TPSA) is 97.2 Å². The standard InChI is InChI=1S/C20H36FN3O4Se/c21-13-6-4-5-12(9-13)15-10-24(23-22-15)17-18(26)16(11-25)28-20(19(17)27)29-14-7-2-1-3-8-14/h12-20,22-23,25-27H,1-11H2/t12?,13?,15?,16-,17+,18+,19-,20+/m1/s1. The number of aliphatic hydroxyl groups is 3. The van der Waals surface area contributed by atoms with E-state index in [0.29, 0.717) is 24.2 Å². The van der Waals surface area contributed by atoms with Crippen molar-refractivity contribution in [2.75, 3.05) is 13.2 Å². The van der Waals surface area contributed by atoms with Crippen LogP contribution in [0.2, 0.25) is 4.82 Å². The van der Waals surface area contributed by atoms with E-state index >= 15 is 0 Å². The molecule has 2 heterocycles. The van der Waals surface area contributed by atoms with Crippen molar-refractivity contribution in [3.63, 3.8) is 0 Å². The van der Waals surface area contributed by atoms with Gasteiger partial charge in [0.2, 0.25) is 0 Å². The van der Waals surface area contributed by atoms with Crippen molar-refractivity contribution in [1.82, 2.24) is 16.0 Å². The molecule has 3 unspecified atom stereocenters. The molecule has 2 aliphatic heterocycles. The summed E-state index contributed by atoms with van der Waals surface area (Å²) in [6, 6.07) is -0.468. The van der Waals surface area contributed by atoms with Crippen molar-refractivity contribution in [1.29, 1.82) is 0 Å². The zero-order valence-electron chi connectivity index (χ0n) is 17.0.